The maximum Gasteiger partial charge on any atom is 0.106 e. The molecule has 0 bridgehead atoms. The number of hydrogen-bond acceptors (Lipinski definition) is 3. The van der Waals surface area contributed by atoms with Crippen molar-refractivity contribution in [3.05, 3.63) is 84.2 Å². The summed E-state index contributed by atoms with van der Waals surface area (Å²) in [5.74, 6) is 0. The van der Waals surface area contributed by atoms with Crippen molar-refractivity contribution in [3.63, 3.8) is 0 Å². The number of carbonyl (C=O) groups excluding carboxylic acids is 1. The van der Waals surface area contributed by atoms with Crippen molar-refractivity contribution < 1.29 is 4.79 Å². The number of carbonyl (C=O) groups is 1. The van der Waals surface area contributed by atoms with E-state index in [4.69, 9.17) is 4.79 Å². The van der Waals surface area contributed by atoms with E-state index in [-0.39, 0.29) is 0 Å². The van der Waals surface area contributed by atoms with Crippen molar-refractivity contribution in [2.75, 3.05) is 0 Å². The summed E-state index contributed by atoms with van der Waals surface area (Å²) in [6, 6.07) is 24.5. The average molecular weight is 316 g/mol. The molecule has 0 atom stereocenters. The summed E-state index contributed by atoms with van der Waals surface area (Å²) in [6.45, 7) is 6.01. The largest absolute Gasteiger partial charge is 0.307 e. The fraction of sp³-hybridized carbons (Fsp3) is 0.0952. The quantitative estimate of drug-likeness (QED) is 0.463. The first kappa shape index (κ1) is 17.3. The van der Waals surface area contributed by atoms with Crippen LogP contribution in [0.3, 0.4) is 0 Å². The Morgan fingerprint density at radius 3 is 1.38 bits per heavy atom. The van der Waals surface area contributed by atoms with Crippen LogP contribution in [0.1, 0.15) is 11.4 Å². The molecule has 120 valence electrons. The molecular weight excluding hydrogens is 296 g/mol. The Morgan fingerprint density at radius 2 is 0.958 bits per heavy atom. The molecule has 0 aliphatic heterocycles. The van der Waals surface area contributed by atoms with E-state index in [1.54, 1.807) is 0 Å². The molecule has 0 aliphatic rings. The van der Waals surface area contributed by atoms with Crippen molar-refractivity contribution in [3.8, 4) is 0 Å². The second-order valence-corrected chi connectivity index (χ2v) is 5.29. The topological polar surface area (TPSA) is 42.9 Å². The molecule has 2 aromatic heterocycles. The van der Waals surface area contributed by atoms with Crippen molar-refractivity contribution >= 4 is 28.6 Å². The van der Waals surface area contributed by atoms with Crippen molar-refractivity contribution in [1.82, 2.24) is 9.97 Å². The lowest BCUT2D eigenvalue weighted by molar-refractivity contribution is -0.0979. The molecule has 0 aliphatic carbocycles. The predicted molar refractivity (Wildman–Crippen MR) is 100 cm³/mol. The number of aromatic nitrogens is 2. The Morgan fingerprint density at radius 1 is 0.583 bits per heavy atom. The first-order valence-electron chi connectivity index (χ1n) is 7.66. The highest BCUT2D eigenvalue weighted by atomic mass is 16.1. The summed E-state index contributed by atoms with van der Waals surface area (Å²) in [5, 5.41) is 2.41. The van der Waals surface area contributed by atoms with Gasteiger partial charge in [0.1, 0.15) is 6.79 Å². The molecule has 0 N–H and O–H groups in total. The van der Waals surface area contributed by atoms with Crippen LogP contribution in [0.15, 0.2) is 72.8 Å². The minimum absolute atomic E-state index is 1.07. The van der Waals surface area contributed by atoms with Gasteiger partial charge in [-0.05, 0) is 38.1 Å². The van der Waals surface area contributed by atoms with Gasteiger partial charge in [0, 0.05) is 22.2 Å². The van der Waals surface area contributed by atoms with E-state index in [1.165, 1.54) is 10.8 Å². The zero-order valence-corrected chi connectivity index (χ0v) is 13.9. The number of rotatable bonds is 0. The monoisotopic (exact) mass is 316 g/mol. The highest BCUT2D eigenvalue weighted by Crippen LogP contribution is 2.11. The summed E-state index contributed by atoms with van der Waals surface area (Å²) in [4.78, 5) is 16.8. The highest BCUT2D eigenvalue weighted by Gasteiger charge is 1.91. The maximum absolute atomic E-state index is 8.00. The van der Waals surface area contributed by atoms with Gasteiger partial charge < -0.3 is 4.79 Å². The number of aryl methyl sites for hydroxylation is 2. The average Bonchev–Trinajstić information content (AvgIpc) is 2.64. The number of benzene rings is 2. The summed E-state index contributed by atoms with van der Waals surface area (Å²) >= 11 is 0. The van der Waals surface area contributed by atoms with E-state index >= 15 is 0 Å². The van der Waals surface area contributed by atoms with E-state index in [0.717, 1.165) is 22.4 Å². The van der Waals surface area contributed by atoms with Gasteiger partial charge in [-0.2, -0.15) is 0 Å². The minimum atomic E-state index is 1.07. The molecule has 2 heterocycles. The SMILES string of the molecule is C=O.Cc1ccc2ccccc2n1.Cc1ccc2ccccc2n1. The summed E-state index contributed by atoms with van der Waals surface area (Å²) in [5.41, 5.74) is 4.30. The summed E-state index contributed by atoms with van der Waals surface area (Å²) in [6.07, 6.45) is 0. The van der Waals surface area contributed by atoms with Crippen LogP contribution in [-0.2, 0) is 4.79 Å². The first-order valence-corrected chi connectivity index (χ1v) is 7.66. The fourth-order valence-electron chi connectivity index (χ4n) is 2.34. The molecule has 3 heteroatoms. The lowest BCUT2D eigenvalue weighted by Gasteiger charge is -1.95. The Labute approximate surface area is 142 Å². The molecule has 0 unspecified atom stereocenters. The van der Waals surface area contributed by atoms with Crippen LogP contribution in [0.2, 0.25) is 0 Å². The van der Waals surface area contributed by atoms with Gasteiger partial charge in [-0.1, -0.05) is 48.5 Å². The van der Waals surface area contributed by atoms with Gasteiger partial charge in [0.25, 0.3) is 0 Å². The second-order valence-electron chi connectivity index (χ2n) is 5.29. The Bertz CT molecular complexity index is 857. The molecule has 3 nitrogen and oxygen atoms in total. The summed E-state index contributed by atoms with van der Waals surface area (Å²) < 4.78 is 0. The lowest BCUT2D eigenvalue weighted by atomic mass is 10.2. The van der Waals surface area contributed by atoms with Gasteiger partial charge in [-0.25, -0.2) is 0 Å². The Kier molecular flexibility index (Phi) is 6.15. The van der Waals surface area contributed by atoms with Crippen molar-refractivity contribution in [1.29, 1.82) is 0 Å². The van der Waals surface area contributed by atoms with E-state index in [9.17, 15) is 0 Å². The third kappa shape index (κ3) is 4.46. The Balaban J connectivity index is 0.000000158. The van der Waals surface area contributed by atoms with Crippen LogP contribution in [0.5, 0.6) is 0 Å². The third-order valence-electron chi connectivity index (χ3n) is 3.48. The van der Waals surface area contributed by atoms with Gasteiger partial charge in [0.15, 0.2) is 0 Å². The van der Waals surface area contributed by atoms with Gasteiger partial charge in [0.05, 0.1) is 11.0 Å². The number of nitrogens with zero attached hydrogens (tertiary/aromatic N) is 2. The van der Waals surface area contributed by atoms with Crippen LogP contribution in [0.4, 0.5) is 0 Å². The van der Waals surface area contributed by atoms with Crippen LogP contribution < -0.4 is 0 Å². The van der Waals surface area contributed by atoms with E-state index < -0.39 is 0 Å². The molecule has 0 saturated heterocycles. The van der Waals surface area contributed by atoms with Crippen LogP contribution >= 0.6 is 0 Å². The molecule has 0 spiro atoms. The Hall–Kier alpha value is -3.07. The molecular formula is C21H20N2O. The molecule has 24 heavy (non-hydrogen) atoms. The lowest BCUT2D eigenvalue weighted by Crippen LogP contribution is -1.80. The first-order chi connectivity index (χ1) is 11.7. The smallest absolute Gasteiger partial charge is 0.106 e. The summed E-state index contributed by atoms with van der Waals surface area (Å²) in [7, 11) is 0. The standard InChI is InChI=1S/2C10H9N.CH2O/c2*1-8-6-7-9-4-2-3-5-10(9)11-8;1-2/h2*2-7H,1H3;1H2. The van der Waals surface area contributed by atoms with Crippen molar-refractivity contribution in [2.24, 2.45) is 0 Å². The van der Waals surface area contributed by atoms with Gasteiger partial charge in [-0.15, -0.1) is 0 Å². The number of hydrogen-bond donors (Lipinski definition) is 0. The molecule has 0 fully saturated rings. The van der Waals surface area contributed by atoms with E-state index in [2.05, 4.69) is 34.2 Å². The number of pyridine rings is 2. The van der Waals surface area contributed by atoms with Crippen LogP contribution in [0, 0.1) is 13.8 Å². The van der Waals surface area contributed by atoms with Crippen LogP contribution in [-0.4, -0.2) is 16.8 Å². The van der Waals surface area contributed by atoms with Gasteiger partial charge >= 0.3 is 0 Å². The number of para-hydroxylation sites is 2. The zero-order valence-electron chi connectivity index (χ0n) is 13.9. The molecule has 0 amide bonds. The molecule has 0 radical (unpaired) electrons. The zero-order chi connectivity index (χ0) is 17.4. The molecule has 4 aromatic rings. The maximum atomic E-state index is 8.00. The fourth-order valence-corrected chi connectivity index (χ4v) is 2.34. The highest BCUT2D eigenvalue weighted by molar-refractivity contribution is 5.78. The minimum Gasteiger partial charge on any atom is -0.307 e. The predicted octanol–water partition coefficient (Wildman–Crippen LogP) is 4.90. The van der Waals surface area contributed by atoms with Gasteiger partial charge in [-0.3, -0.25) is 9.97 Å². The van der Waals surface area contributed by atoms with E-state index in [0.29, 0.717) is 0 Å². The normalized spacial score (nSPS) is 9.58. The third-order valence-corrected chi connectivity index (χ3v) is 3.48. The second kappa shape index (κ2) is 8.53. The molecule has 0 saturated carbocycles. The van der Waals surface area contributed by atoms with Crippen molar-refractivity contribution in [2.45, 2.75) is 13.8 Å². The van der Waals surface area contributed by atoms with E-state index in [1.807, 2.05) is 69.2 Å². The van der Waals surface area contributed by atoms with Crippen LogP contribution in [0.25, 0.3) is 21.8 Å². The molecule has 2 aromatic carbocycles. The molecule has 4 rings (SSSR count). The van der Waals surface area contributed by atoms with Gasteiger partial charge in [0.2, 0.25) is 0 Å². The number of fused-ring (bicyclic) bond motifs is 2.